The number of allylic oxidation sites excluding steroid dienone is 1. The third-order valence-electron chi connectivity index (χ3n) is 2.24. The zero-order chi connectivity index (χ0) is 15.3. The first-order chi connectivity index (χ1) is 8.50. The van der Waals surface area contributed by atoms with Crippen LogP contribution < -0.4 is 0 Å². The van der Waals surface area contributed by atoms with Crippen molar-refractivity contribution >= 4 is 22.6 Å². The second kappa shape index (κ2) is 7.29. The van der Waals surface area contributed by atoms with Crippen molar-refractivity contribution in [3.63, 3.8) is 0 Å². The van der Waals surface area contributed by atoms with Gasteiger partial charge in [0.25, 0.3) is 0 Å². The van der Waals surface area contributed by atoms with E-state index in [2.05, 4.69) is 26.6 Å². The first-order valence-corrected chi connectivity index (χ1v) is 14.0. The molecule has 112 valence electrons. The van der Waals surface area contributed by atoms with E-state index in [1.54, 1.807) is 0 Å². The molecular formula is C14H30O3Si2. The van der Waals surface area contributed by atoms with Crippen molar-refractivity contribution in [2.75, 3.05) is 0 Å². The zero-order valence-electron chi connectivity index (χ0n) is 13.8. The molecule has 0 aliphatic carbocycles. The Morgan fingerprint density at radius 2 is 1.37 bits per heavy atom. The van der Waals surface area contributed by atoms with Crippen LogP contribution in [-0.4, -0.2) is 22.6 Å². The third kappa shape index (κ3) is 8.26. The van der Waals surface area contributed by atoms with Crippen molar-refractivity contribution in [1.82, 2.24) is 0 Å². The molecule has 0 saturated heterocycles. The van der Waals surface area contributed by atoms with Crippen molar-refractivity contribution in [2.24, 2.45) is 0 Å². The molecule has 0 spiro atoms. The predicted molar refractivity (Wildman–Crippen MR) is 86.1 cm³/mol. The Balaban J connectivity index is 5.27. The average molecular weight is 303 g/mol. The lowest BCUT2D eigenvalue weighted by atomic mass is 10.1. The highest BCUT2D eigenvalue weighted by Crippen LogP contribution is 2.23. The molecule has 0 rings (SSSR count). The number of carbonyl (C=O) groups is 1. The number of hydrogen-bond donors (Lipinski definition) is 0. The van der Waals surface area contributed by atoms with Crippen LogP contribution >= 0.6 is 0 Å². The highest BCUT2D eigenvalue weighted by atomic mass is 28.4. The predicted octanol–water partition coefficient (Wildman–Crippen LogP) is 4.68. The molecule has 19 heavy (non-hydrogen) atoms. The molecule has 0 heterocycles. The van der Waals surface area contributed by atoms with E-state index in [-0.39, 0.29) is 5.97 Å². The van der Waals surface area contributed by atoms with Gasteiger partial charge in [-0.1, -0.05) is 13.8 Å². The highest BCUT2D eigenvalue weighted by molar-refractivity contribution is 6.71. The smallest absolute Gasteiger partial charge is 0.324 e. The second-order valence-electron chi connectivity index (χ2n) is 6.72. The molecule has 5 heteroatoms. The van der Waals surface area contributed by atoms with Crippen LogP contribution in [0, 0.1) is 0 Å². The van der Waals surface area contributed by atoms with Gasteiger partial charge in [-0.2, -0.15) is 0 Å². The summed E-state index contributed by atoms with van der Waals surface area (Å²) in [6.45, 7) is 16.6. The largest absolute Gasteiger partial charge is 0.547 e. The molecule has 0 unspecified atom stereocenters. The molecule has 0 aromatic rings. The fraction of sp³-hybridized carbons (Fsp3) is 0.786. The van der Waals surface area contributed by atoms with Crippen LogP contribution in [0.4, 0.5) is 0 Å². The summed E-state index contributed by atoms with van der Waals surface area (Å²) in [5.41, 5.74) is 0.728. The van der Waals surface area contributed by atoms with Gasteiger partial charge in [0.1, 0.15) is 0 Å². The topological polar surface area (TPSA) is 35.5 Å². The van der Waals surface area contributed by atoms with E-state index >= 15 is 0 Å². The summed E-state index contributed by atoms with van der Waals surface area (Å²) in [5, 5.41) is 0. The molecule has 0 saturated carbocycles. The second-order valence-corrected chi connectivity index (χ2v) is 15.6. The van der Waals surface area contributed by atoms with Crippen molar-refractivity contribution in [1.29, 1.82) is 0 Å². The van der Waals surface area contributed by atoms with Gasteiger partial charge in [-0.25, -0.2) is 4.79 Å². The van der Waals surface area contributed by atoms with Crippen LogP contribution in [0.15, 0.2) is 11.3 Å². The SMILES string of the molecule is CCC/C(O[Si](C)(C)C)=C(\CC)C(=O)O[Si](C)(C)C. The van der Waals surface area contributed by atoms with E-state index in [0.717, 1.165) is 24.2 Å². The van der Waals surface area contributed by atoms with Gasteiger partial charge < -0.3 is 8.85 Å². The van der Waals surface area contributed by atoms with Crippen molar-refractivity contribution in [3.05, 3.63) is 11.3 Å². The summed E-state index contributed by atoms with van der Waals surface area (Å²) in [7, 11) is -3.55. The lowest BCUT2D eigenvalue weighted by Gasteiger charge is -2.25. The zero-order valence-corrected chi connectivity index (χ0v) is 15.8. The van der Waals surface area contributed by atoms with Crippen LogP contribution in [-0.2, 0) is 13.6 Å². The van der Waals surface area contributed by atoms with Crippen molar-refractivity contribution in [3.8, 4) is 0 Å². The summed E-state index contributed by atoms with van der Waals surface area (Å²) in [6.07, 6.45) is 2.46. The molecule has 0 radical (unpaired) electrons. The Morgan fingerprint density at radius 1 is 0.895 bits per heavy atom. The molecule has 0 aromatic carbocycles. The van der Waals surface area contributed by atoms with Gasteiger partial charge in [0.15, 0.2) is 0 Å². The van der Waals surface area contributed by atoms with Gasteiger partial charge in [-0.05, 0) is 52.1 Å². The van der Waals surface area contributed by atoms with Crippen molar-refractivity contribution in [2.45, 2.75) is 72.4 Å². The fourth-order valence-corrected chi connectivity index (χ4v) is 3.30. The van der Waals surface area contributed by atoms with E-state index in [0.29, 0.717) is 6.42 Å². The minimum absolute atomic E-state index is 0.177. The van der Waals surface area contributed by atoms with E-state index in [1.807, 2.05) is 26.6 Å². The van der Waals surface area contributed by atoms with Crippen LogP contribution in [0.3, 0.4) is 0 Å². The molecule has 0 aliphatic rings. The highest BCUT2D eigenvalue weighted by Gasteiger charge is 2.26. The standard InChI is InChI=1S/C14H30O3Si2/c1-9-11-13(16-18(3,4)5)12(10-2)14(15)17-19(6,7)8/h9-11H2,1-8H3/b13-12-. The number of hydrogen-bond acceptors (Lipinski definition) is 3. The Bertz CT molecular complexity index is 336. The summed E-state index contributed by atoms with van der Waals surface area (Å²) in [6, 6.07) is 0. The quantitative estimate of drug-likeness (QED) is 0.389. The van der Waals surface area contributed by atoms with Gasteiger partial charge in [-0.3, -0.25) is 0 Å². The van der Waals surface area contributed by atoms with E-state index in [1.165, 1.54) is 0 Å². The summed E-state index contributed by atoms with van der Waals surface area (Å²) < 4.78 is 11.7. The van der Waals surface area contributed by atoms with Gasteiger partial charge >= 0.3 is 5.97 Å². The maximum Gasteiger partial charge on any atom is 0.324 e. The minimum Gasteiger partial charge on any atom is -0.547 e. The average Bonchev–Trinajstić information content (AvgIpc) is 2.13. The lowest BCUT2D eigenvalue weighted by molar-refractivity contribution is -0.131. The molecule has 0 N–H and O–H groups in total. The number of rotatable bonds is 7. The number of carbonyl (C=O) groups excluding carboxylic acids is 1. The van der Waals surface area contributed by atoms with Crippen LogP contribution in [0.5, 0.6) is 0 Å². The Labute approximate surface area is 120 Å². The first kappa shape index (κ1) is 18.4. The monoisotopic (exact) mass is 302 g/mol. The molecule has 0 aliphatic heterocycles. The molecule has 0 aromatic heterocycles. The molecule has 3 nitrogen and oxygen atoms in total. The molecular weight excluding hydrogens is 272 g/mol. The summed E-state index contributed by atoms with van der Waals surface area (Å²) >= 11 is 0. The van der Waals surface area contributed by atoms with Crippen LogP contribution in [0.1, 0.15) is 33.1 Å². The van der Waals surface area contributed by atoms with E-state index < -0.39 is 16.6 Å². The van der Waals surface area contributed by atoms with E-state index in [9.17, 15) is 4.79 Å². The first-order valence-electron chi connectivity index (χ1n) is 7.14. The summed E-state index contributed by atoms with van der Waals surface area (Å²) in [5.74, 6) is 0.677. The van der Waals surface area contributed by atoms with Crippen LogP contribution in [0.25, 0.3) is 0 Å². The Kier molecular flexibility index (Phi) is 7.07. The normalized spacial score (nSPS) is 13.9. The molecule has 0 bridgehead atoms. The molecule has 0 amide bonds. The van der Waals surface area contributed by atoms with Gasteiger partial charge in [0.05, 0.1) is 11.3 Å². The van der Waals surface area contributed by atoms with Gasteiger partial charge in [-0.15, -0.1) is 0 Å². The van der Waals surface area contributed by atoms with Gasteiger partial charge in [0.2, 0.25) is 16.6 Å². The third-order valence-corrected chi connectivity index (χ3v) is 3.90. The van der Waals surface area contributed by atoms with Crippen molar-refractivity contribution < 1.29 is 13.6 Å². The fourth-order valence-electron chi connectivity index (χ4n) is 1.66. The minimum atomic E-state index is -1.85. The lowest BCUT2D eigenvalue weighted by Crippen LogP contribution is -2.31. The Morgan fingerprint density at radius 3 is 1.68 bits per heavy atom. The van der Waals surface area contributed by atoms with Crippen LogP contribution in [0.2, 0.25) is 39.3 Å². The maximum absolute atomic E-state index is 12.3. The van der Waals surface area contributed by atoms with E-state index in [4.69, 9.17) is 8.85 Å². The van der Waals surface area contributed by atoms with Gasteiger partial charge in [0, 0.05) is 6.42 Å². The maximum atomic E-state index is 12.3. The molecule has 0 atom stereocenters. The summed E-state index contributed by atoms with van der Waals surface area (Å²) in [4.78, 5) is 12.3. The molecule has 0 fully saturated rings. The Hall–Kier alpha value is -0.556.